The minimum Gasteiger partial charge on any atom is -0.349 e. The van der Waals surface area contributed by atoms with Crippen molar-refractivity contribution in [3.05, 3.63) is 47.8 Å². The highest BCUT2D eigenvalue weighted by Crippen LogP contribution is 2.20. The average molecular weight is 253 g/mol. The van der Waals surface area contributed by atoms with E-state index in [0.717, 1.165) is 18.4 Å². The molecule has 0 atom stereocenters. The summed E-state index contributed by atoms with van der Waals surface area (Å²) >= 11 is 0. The van der Waals surface area contributed by atoms with Crippen molar-refractivity contribution in [2.24, 2.45) is 0 Å². The smallest absolute Gasteiger partial charge is 0.254 e. The molecule has 1 heterocycles. The van der Waals surface area contributed by atoms with Crippen LogP contribution in [0.1, 0.15) is 28.9 Å². The molecule has 0 aliphatic heterocycles. The van der Waals surface area contributed by atoms with Crippen LogP contribution in [0.5, 0.6) is 0 Å². The van der Waals surface area contributed by atoms with Gasteiger partial charge in [0.2, 0.25) is 0 Å². The summed E-state index contributed by atoms with van der Waals surface area (Å²) in [6.07, 6.45) is 3.77. The number of rotatable bonds is 3. The van der Waals surface area contributed by atoms with Crippen molar-refractivity contribution in [1.82, 2.24) is 15.3 Å². The summed E-state index contributed by atoms with van der Waals surface area (Å²) in [6, 6.07) is 10.1. The Morgan fingerprint density at radius 1 is 1.26 bits per heavy atom. The lowest BCUT2D eigenvalue weighted by molar-refractivity contribution is 0.0949. The predicted octanol–water partition coefficient (Wildman–Crippen LogP) is 2.34. The molecule has 4 nitrogen and oxygen atoms in total. The molecular weight excluding hydrogens is 238 g/mol. The van der Waals surface area contributed by atoms with Crippen LogP contribution in [0, 0.1) is 6.92 Å². The molecule has 1 aromatic carbocycles. The Kier molecular flexibility index (Phi) is 2.99. The van der Waals surface area contributed by atoms with Gasteiger partial charge in [0.25, 0.3) is 5.91 Å². The number of amides is 1. The summed E-state index contributed by atoms with van der Waals surface area (Å²) in [4.78, 5) is 20.7. The summed E-state index contributed by atoms with van der Waals surface area (Å²) in [5, 5.41) is 2.95. The summed E-state index contributed by atoms with van der Waals surface area (Å²) < 4.78 is 0. The van der Waals surface area contributed by atoms with Gasteiger partial charge in [-0.15, -0.1) is 0 Å². The third kappa shape index (κ3) is 2.62. The van der Waals surface area contributed by atoms with Gasteiger partial charge in [0.05, 0.1) is 11.3 Å². The highest BCUT2D eigenvalue weighted by Gasteiger charge is 2.24. The van der Waals surface area contributed by atoms with Crippen LogP contribution in [0.4, 0.5) is 0 Å². The number of aryl methyl sites for hydroxylation is 1. The first-order valence-corrected chi connectivity index (χ1v) is 6.44. The van der Waals surface area contributed by atoms with E-state index in [0.29, 0.717) is 23.1 Å². The molecular formula is C15H15N3O. The number of nitrogens with zero attached hydrogens (tertiary/aromatic N) is 2. The van der Waals surface area contributed by atoms with Crippen molar-refractivity contribution in [3.8, 4) is 11.4 Å². The standard InChI is InChI=1S/C15H15N3O/c1-10-13(15(19)18-12-7-8-12)9-16-14(17-10)11-5-3-2-4-6-11/h2-6,9,12H,7-8H2,1H3,(H,18,19). The Labute approximate surface area is 111 Å². The zero-order valence-corrected chi connectivity index (χ0v) is 10.8. The van der Waals surface area contributed by atoms with E-state index in [-0.39, 0.29) is 5.91 Å². The molecule has 1 aromatic heterocycles. The van der Waals surface area contributed by atoms with E-state index in [9.17, 15) is 4.79 Å². The van der Waals surface area contributed by atoms with E-state index in [1.165, 1.54) is 0 Å². The van der Waals surface area contributed by atoms with E-state index < -0.39 is 0 Å². The van der Waals surface area contributed by atoms with Gasteiger partial charge in [-0.2, -0.15) is 0 Å². The van der Waals surface area contributed by atoms with Gasteiger partial charge < -0.3 is 5.32 Å². The molecule has 0 radical (unpaired) electrons. The quantitative estimate of drug-likeness (QED) is 0.913. The van der Waals surface area contributed by atoms with Gasteiger partial charge >= 0.3 is 0 Å². The van der Waals surface area contributed by atoms with Crippen molar-refractivity contribution in [2.75, 3.05) is 0 Å². The summed E-state index contributed by atoms with van der Waals surface area (Å²) in [5.74, 6) is 0.584. The second-order valence-electron chi connectivity index (χ2n) is 4.81. The van der Waals surface area contributed by atoms with Crippen molar-refractivity contribution in [1.29, 1.82) is 0 Å². The Balaban J connectivity index is 1.87. The number of nitrogens with one attached hydrogen (secondary N) is 1. The molecule has 1 aliphatic rings. The van der Waals surface area contributed by atoms with Crippen LogP contribution in [0.2, 0.25) is 0 Å². The fourth-order valence-corrected chi connectivity index (χ4v) is 1.91. The zero-order chi connectivity index (χ0) is 13.2. The topological polar surface area (TPSA) is 54.9 Å². The molecule has 0 unspecified atom stereocenters. The molecule has 4 heteroatoms. The molecule has 0 saturated heterocycles. The molecule has 96 valence electrons. The van der Waals surface area contributed by atoms with Crippen LogP contribution >= 0.6 is 0 Å². The van der Waals surface area contributed by atoms with Crippen molar-refractivity contribution < 1.29 is 4.79 Å². The number of carbonyl (C=O) groups excluding carboxylic acids is 1. The molecule has 1 saturated carbocycles. The third-order valence-electron chi connectivity index (χ3n) is 3.17. The van der Waals surface area contributed by atoms with Gasteiger partial charge in [-0.25, -0.2) is 9.97 Å². The fourth-order valence-electron chi connectivity index (χ4n) is 1.91. The monoisotopic (exact) mass is 253 g/mol. The molecule has 1 aliphatic carbocycles. The highest BCUT2D eigenvalue weighted by atomic mass is 16.1. The zero-order valence-electron chi connectivity index (χ0n) is 10.8. The van der Waals surface area contributed by atoms with Gasteiger partial charge in [0, 0.05) is 17.8 Å². The second kappa shape index (κ2) is 4.80. The van der Waals surface area contributed by atoms with Crippen LogP contribution in [0.3, 0.4) is 0 Å². The predicted molar refractivity (Wildman–Crippen MR) is 72.7 cm³/mol. The maximum Gasteiger partial charge on any atom is 0.254 e. The molecule has 1 fully saturated rings. The lowest BCUT2D eigenvalue weighted by Crippen LogP contribution is -2.26. The minimum atomic E-state index is -0.0698. The molecule has 0 bridgehead atoms. The lowest BCUT2D eigenvalue weighted by Gasteiger charge is -2.07. The molecule has 1 amide bonds. The average Bonchev–Trinajstić information content (AvgIpc) is 3.23. The van der Waals surface area contributed by atoms with Crippen LogP contribution in [0.25, 0.3) is 11.4 Å². The van der Waals surface area contributed by atoms with E-state index in [2.05, 4.69) is 15.3 Å². The second-order valence-corrected chi connectivity index (χ2v) is 4.81. The number of aromatic nitrogens is 2. The Morgan fingerprint density at radius 3 is 2.63 bits per heavy atom. The van der Waals surface area contributed by atoms with Crippen molar-refractivity contribution >= 4 is 5.91 Å². The maximum absolute atomic E-state index is 12.0. The van der Waals surface area contributed by atoms with Crippen LogP contribution in [-0.4, -0.2) is 21.9 Å². The Morgan fingerprint density at radius 2 is 2.00 bits per heavy atom. The van der Waals surface area contributed by atoms with Crippen LogP contribution in [-0.2, 0) is 0 Å². The summed E-state index contributed by atoms with van der Waals surface area (Å²) in [7, 11) is 0. The number of benzene rings is 1. The van der Waals surface area contributed by atoms with E-state index in [1.807, 2.05) is 37.3 Å². The van der Waals surface area contributed by atoms with E-state index in [4.69, 9.17) is 0 Å². The van der Waals surface area contributed by atoms with Crippen molar-refractivity contribution in [3.63, 3.8) is 0 Å². The lowest BCUT2D eigenvalue weighted by atomic mass is 10.2. The maximum atomic E-state index is 12.0. The number of hydrogen-bond donors (Lipinski definition) is 1. The van der Waals surface area contributed by atoms with Crippen LogP contribution in [0.15, 0.2) is 36.5 Å². The fraction of sp³-hybridized carbons (Fsp3) is 0.267. The molecule has 19 heavy (non-hydrogen) atoms. The molecule has 2 aromatic rings. The summed E-state index contributed by atoms with van der Waals surface area (Å²) in [6.45, 7) is 1.84. The first kappa shape index (κ1) is 11.8. The van der Waals surface area contributed by atoms with Gasteiger partial charge in [-0.3, -0.25) is 4.79 Å². The summed E-state index contributed by atoms with van der Waals surface area (Å²) in [5.41, 5.74) is 2.23. The Hall–Kier alpha value is -2.23. The van der Waals surface area contributed by atoms with Gasteiger partial charge in [-0.05, 0) is 19.8 Å². The third-order valence-corrected chi connectivity index (χ3v) is 3.17. The first-order chi connectivity index (χ1) is 9.24. The number of carbonyl (C=O) groups is 1. The van der Waals surface area contributed by atoms with Crippen LogP contribution < -0.4 is 5.32 Å². The van der Waals surface area contributed by atoms with E-state index >= 15 is 0 Å². The largest absolute Gasteiger partial charge is 0.349 e. The normalized spacial score (nSPS) is 14.2. The Bertz CT molecular complexity index is 606. The van der Waals surface area contributed by atoms with Gasteiger partial charge in [0.1, 0.15) is 0 Å². The van der Waals surface area contributed by atoms with Gasteiger partial charge in [-0.1, -0.05) is 30.3 Å². The molecule has 3 rings (SSSR count). The molecule has 1 N–H and O–H groups in total. The first-order valence-electron chi connectivity index (χ1n) is 6.44. The number of hydrogen-bond acceptors (Lipinski definition) is 3. The minimum absolute atomic E-state index is 0.0698. The van der Waals surface area contributed by atoms with Crippen molar-refractivity contribution in [2.45, 2.75) is 25.8 Å². The highest BCUT2D eigenvalue weighted by molar-refractivity contribution is 5.95. The van der Waals surface area contributed by atoms with E-state index in [1.54, 1.807) is 6.20 Å². The van der Waals surface area contributed by atoms with Gasteiger partial charge in [0.15, 0.2) is 5.82 Å². The SMILES string of the molecule is Cc1nc(-c2ccccc2)ncc1C(=O)NC1CC1. The molecule has 0 spiro atoms.